The van der Waals surface area contributed by atoms with Crippen molar-refractivity contribution in [2.45, 2.75) is 33.0 Å². The molecule has 2 N–H and O–H groups in total. The minimum Gasteiger partial charge on any atom is -0.497 e. The standard InChI is InChI=1S/C25H29N3O6S/c1-15(2)27-22(29)17-8-6-7-16(11-17)14-34-23-21(25(30)33-5)24(35-28-23)26-13-18-9-10-19(31-3)12-20(18)32-4/h6-12,15,26H,13-14H2,1-5H3,(H,27,29). The van der Waals surface area contributed by atoms with Crippen LogP contribution in [-0.4, -0.2) is 43.6 Å². The highest BCUT2D eigenvalue weighted by Gasteiger charge is 2.24. The number of hydrogen-bond acceptors (Lipinski definition) is 9. The number of anilines is 1. The first-order chi connectivity index (χ1) is 16.9. The minimum absolute atomic E-state index is 0.0313. The third kappa shape index (κ3) is 6.63. The molecule has 10 heteroatoms. The highest BCUT2D eigenvalue weighted by Crippen LogP contribution is 2.33. The third-order valence-electron chi connectivity index (χ3n) is 4.97. The monoisotopic (exact) mass is 499 g/mol. The summed E-state index contributed by atoms with van der Waals surface area (Å²) in [6.45, 7) is 4.31. The number of carbonyl (C=O) groups excluding carboxylic acids is 2. The largest absolute Gasteiger partial charge is 0.497 e. The molecule has 35 heavy (non-hydrogen) atoms. The van der Waals surface area contributed by atoms with E-state index in [-0.39, 0.29) is 30.0 Å². The van der Waals surface area contributed by atoms with Crippen molar-refractivity contribution in [3.05, 3.63) is 64.7 Å². The maximum absolute atomic E-state index is 12.5. The van der Waals surface area contributed by atoms with E-state index < -0.39 is 5.97 Å². The zero-order valence-electron chi connectivity index (χ0n) is 20.3. The lowest BCUT2D eigenvalue weighted by atomic mass is 10.1. The van der Waals surface area contributed by atoms with Crippen LogP contribution in [0.15, 0.2) is 42.5 Å². The number of benzene rings is 2. The van der Waals surface area contributed by atoms with Crippen LogP contribution < -0.4 is 24.8 Å². The van der Waals surface area contributed by atoms with Crippen molar-refractivity contribution in [1.82, 2.24) is 9.69 Å². The van der Waals surface area contributed by atoms with Gasteiger partial charge in [-0.25, -0.2) is 4.79 Å². The first kappa shape index (κ1) is 25.8. The predicted molar refractivity (Wildman–Crippen MR) is 134 cm³/mol. The Hall–Kier alpha value is -3.79. The summed E-state index contributed by atoms with van der Waals surface area (Å²) in [6, 6.07) is 12.6. The summed E-state index contributed by atoms with van der Waals surface area (Å²) in [6.07, 6.45) is 0. The second-order valence-corrected chi connectivity index (χ2v) is 8.61. The van der Waals surface area contributed by atoms with Crippen molar-refractivity contribution in [2.24, 2.45) is 0 Å². The van der Waals surface area contributed by atoms with Gasteiger partial charge in [-0.05, 0) is 55.2 Å². The molecular weight excluding hydrogens is 470 g/mol. The van der Waals surface area contributed by atoms with Gasteiger partial charge in [-0.3, -0.25) is 4.79 Å². The molecule has 1 amide bonds. The SMILES string of the molecule is COC(=O)c1c(OCc2cccc(C(=O)NC(C)C)c2)nsc1NCc1ccc(OC)cc1OC. The van der Waals surface area contributed by atoms with Crippen molar-refractivity contribution in [3.8, 4) is 17.4 Å². The molecule has 0 saturated carbocycles. The Morgan fingerprint density at radius 1 is 1.06 bits per heavy atom. The summed E-state index contributed by atoms with van der Waals surface area (Å²) in [5.74, 6) is 0.760. The summed E-state index contributed by atoms with van der Waals surface area (Å²) in [5.41, 5.74) is 2.37. The summed E-state index contributed by atoms with van der Waals surface area (Å²) in [5, 5.41) is 6.59. The number of aromatic nitrogens is 1. The summed E-state index contributed by atoms with van der Waals surface area (Å²) >= 11 is 1.09. The second-order valence-electron chi connectivity index (χ2n) is 7.83. The number of methoxy groups -OCH3 is 3. The zero-order valence-corrected chi connectivity index (χ0v) is 21.2. The Bertz CT molecular complexity index is 1180. The molecule has 0 aliphatic rings. The van der Waals surface area contributed by atoms with Crippen molar-refractivity contribution in [3.63, 3.8) is 0 Å². The van der Waals surface area contributed by atoms with Crippen molar-refractivity contribution in [1.29, 1.82) is 0 Å². The zero-order chi connectivity index (χ0) is 25.4. The van der Waals surface area contributed by atoms with Crippen molar-refractivity contribution < 1.29 is 28.5 Å². The van der Waals surface area contributed by atoms with Gasteiger partial charge in [-0.1, -0.05) is 12.1 Å². The maximum Gasteiger partial charge on any atom is 0.346 e. The van der Waals surface area contributed by atoms with Crippen LogP contribution in [0.2, 0.25) is 0 Å². The highest BCUT2D eigenvalue weighted by molar-refractivity contribution is 7.10. The van der Waals surface area contributed by atoms with Crippen LogP contribution in [0.3, 0.4) is 0 Å². The van der Waals surface area contributed by atoms with Gasteiger partial charge in [0.05, 0.1) is 21.3 Å². The number of esters is 1. The van der Waals surface area contributed by atoms with Crippen LogP contribution in [0.5, 0.6) is 17.4 Å². The van der Waals surface area contributed by atoms with Gasteiger partial charge in [0.25, 0.3) is 5.91 Å². The molecule has 0 fully saturated rings. The Morgan fingerprint density at radius 3 is 2.54 bits per heavy atom. The predicted octanol–water partition coefficient (Wildman–Crippen LogP) is 4.28. The molecule has 9 nitrogen and oxygen atoms in total. The second kappa shape index (κ2) is 12.1. The van der Waals surface area contributed by atoms with E-state index >= 15 is 0 Å². The average molecular weight is 500 g/mol. The molecule has 3 rings (SSSR count). The molecule has 0 saturated heterocycles. The number of hydrogen-bond donors (Lipinski definition) is 2. The quantitative estimate of drug-likeness (QED) is 0.377. The molecule has 0 aliphatic heterocycles. The topological polar surface area (TPSA) is 108 Å². The fraction of sp³-hybridized carbons (Fsp3) is 0.320. The van der Waals surface area contributed by atoms with Gasteiger partial charge in [0, 0.05) is 29.8 Å². The fourth-order valence-electron chi connectivity index (χ4n) is 3.25. The molecule has 186 valence electrons. The Balaban J connectivity index is 1.75. The van der Waals surface area contributed by atoms with E-state index in [1.54, 1.807) is 38.5 Å². The molecule has 0 bridgehead atoms. The van der Waals surface area contributed by atoms with Crippen molar-refractivity contribution >= 4 is 28.4 Å². The smallest absolute Gasteiger partial charge is 0.346 e. The molecule has 1 heterocycles. The highest BCUT2D eigenvalue weighted by atomic mass is 32.1. The van der Waals surface area contributed by atoms with E-state index in [9.17, 15) is 9.59 Å². The van der Waals surface area contributed by atoms with Crippen LogP contribution in [0, 0.1) is 0 Å². The van der Waals surface area contributed by atoms with Gasteiger partial charge in [0.15, 0.2) is 5.56 Å². The number of rotatable bonds is 11. The van der Waals surface area contributed by atoms with Gasteiger partial charge in [-0.15, -0.1) is 0 Å². The molecule has 2 aromatic carbocycles. The average Bonchev–Trinajstić information content (AvgIpc) is 3.28. The first-order valence-corrected chi connectivity index (χ1v) is 11.7. The Kier molecular flexibility index (Phi) is 8.91. The van der Waals surface area contributed by atoms with Gasteiger partial charge >= 0.3 is 5.97 Å². The lowest BCUT2D eigenvalue weighted by molar-refractivity contribution is 0.0596. The molecule has 3 aromatic rings. The molecule has 0 unspecified atom stereocenters. The van der Waals surface area contributed by atoms with Crippen LogP contribution in [0.1, 0.15) is 45.7 Å². The van der Waals surface area contributed by atoms with E-state index in [1.807, 2.05) is 32.0 Å². The van der Waals surface area contributed by atoms with E-state index in [0.29, 0.717) is 28.6 Å². The van der Waals surface area contributed by atoms with Gasteiger partial charge in [0.2, 0.25) is 5.88 Å². The first-order valence-electron chi connectivity index (χ1n) is 10.9. The van der Waals surface area contributed by atoms with Gasteiger partial charge in [0.1, 0.15) is 23.1 Å². The summed E-state index contributed by atoms with van der Waals surface area (Å²) < 4.78 is 25.8. The molecule has 0 aliphatic carbocycles. The third-order valence-corrected chi connectivity index (χ3v) is 5.76. The number of amides is 1. The summed E-state index contributed by atoms with van der Waals surface area (Å²) in [4.78, 5) is 24.8. The fourth-order valence-corrected chi connectivity index (χ4v) is 3.97. The molecule has 0 spiro atoms. The number of carbonyl (C=O) groups is 2. The van der Waals surface area contributed by atoms with Crippen LogP contribution in [0.4, 0.5) is 5.00 Å². The van der Waals surface area contributed by atoms with Crippen LogP contribution in [0.25, 0.3) is 0 Å². The minimum atomic E-state index is -0.567. The van der Waals surface area contributed by atoms with Crippen molar-refractivity contribution in [2.75, 3.05) is 26.6 Å². The number of nitrogens with one attached hydrogen (secondary N) is 2. The van der Waals surface area contributed by atoms with Gasteiger partial charge in [-0.2, -0.15) is 4.37 Å². The summed E-state index contributed by atoms with van der Waals surface area (Å²) in [7, 11) is 4.47. The number of ether oxygens (including phenoxy) is 4. The van der Waals surface area contributed by atoms with E-state index in [1.165, 1.54) is 7.11 Å². The molecule has 0 atom stereocenters. The van der Waals surface area contributed by atoms with E-state index in [2.05, 4.69) is 15.0 Å². The van der Waals surface area contributed by atoms with E-state index in [4.69, 9.17) is 18.9 Å². The lowest BCUT2D eigenvalue weighted by Crippen LogP contribution is -2.30. The Labute approximate surface area is 208 Å². The van der Waals surface area contributed by atoms with Gasteiger partial charge < -0.3 is 29.6 Å². The number of nitrogens with zero attached hydrogens (tertiary/aromatic N) is 1. The van der Waals surface area contributed by atoms with Crippen LogP contribution >= 0.6 is 11.5 Å². The molecule has 1 aromatic heterocycles. The lowest BCUT2D eigenvalue weighted by Gasteiger charge is -2.12. The Morgan fingerprint density at radius 2 is 1.86 bits per heavy atom. The van der Waals surface area contributed by atoms with Crippen LogP contribution in [-0.2, 0) is 17.9 Å². The normalized spacial score (nSPS) is 10.6. The van der Waals surface area contributed by atoms with E-state index in [0.717, 1.165) is 22.7 Å². The maximum atomic E-state index is 12.5. The molecule has 0 radical (unpaired) electrons. The molecular formula is C25H29N3O6S.